The summed E-state index contributed by atoms with van der Waals surface area (Å²) in [6.07, 6.45) is 1.04. The van der Waals surface area contributed by atoms with Crippen molar-refractivity contribution in [3.8, 4) is 6.07 Å². The number of nitrogens with zero attached hydrogens (tertiary/aromatic N) is 1. The van der Waals surface area contributed by atoms with Gasteiger partial charge in [0.05, 0.1) is 12.2 Å². The van der Waals surface area contributed by atoms with E-state index in [0.29, 0.717) is 34.0 Å². The van der Waals surface area contributed by atoms with Crippen molar-refractivity contribution in [1.82, 2.24) is 0 Å². The van der Waals surface area contributed by atoms with Gasteiger partial charge in [0.25, 0.3) is 5.91 Å². The first-order valence-corrected chi connectivity index (χ1v) is 7.53. The van der Waals surface area contributed by atoms with Gasteiger partial charge in [-0.3, -0.25) is 4.79 Å². The van der Waals surface area contributed by atoms with E-state index >= 15 is 0 Å². The number of thiophene rings is 1. The summed E-state index contributed by atoms with van der Waals surface area (Å²) >= 11 is 1.06. The number of hydrogen-bond donors (Lipinski definition) is 1. The molecule has 1 amide bonds. The highest BCUT2D eigenvalue weighted by molar-refractivity contribution is 7.18. The average molecular weight is 308 g/mol. The first-order valence-electron chi connectivity index (χ1n) is 6.71. The van der Waals surface area contributed by atoms with Crippen LogP contribution in [0.15, 0.2) is 0 Å². The van der Waals surface area contributed by atoms with Crippen LogP contribution in [0.3, 0.4) is 0 Å². The molecule has 7 heteroatoms. The van der Waals surface area contributed by atoms with E-state index in [1.165, 1.54) is 0 Å². The van der Waals surface area contributed by atoms with E-state index in [0.717, 1.165) is 17.8 Å². The third-order valence-electron chi connectivity index (χ3n) is 3.18. The van der Waals surface area contributed by atoms with Crippen molar-refractivity contribution < 1.29 is 19.1 Å². The second-order valence-electron chi connectivity index (χ2n) is 4.58. The maximum atomic E-state index is 12.0. The topological polar surface area (TPSA) is 88.4 Å². The minimum absolute atomic E-state index is 0.260. The molecule has 1 aliphatic rings. The molecule has 1 saturated heterocycles. The van der Waals surface area contributed by atoms with E-state index in [1.54, 1.807) is 13.8 Å². The van der Waals surface area contributed by atoms with Crippen LogP contribution in [0, 0.1) is 18.3 Å². The number of nitrogens with one attached hydrogen (secondary N) is 1. The van der Waals surface area contributed by atoms with Crippen LogP contribution in [0.25, 0.3) is 0 Å². The fraction of sp³-hybridized carbons (Fsp3) is 0.500. The Morgan fingerprint density at radius 3 is 2.90 bits per heavy atom. The van der Waals surface area contributed by atoms with Crippen LogP contribution in [0.1, 0.15) is 40.6 Å². The largest absolute Gasteiger partial charge is 0.462 e. The molecule has 6 nitrogen and oxygen atoms in total. The Balaban J connectivity index is 2.23. The minimum Gasteiger partial charge on any atom is -0.462 e. The maximum absolute atomic E-state index is 12.0. The van der Waals surface area contributed by atoms with Gasteiger partial charge in [-0.15, -0.1) is 11.3 Å². The molecule has 1 unspecified atom stereocenters. The van der Waals surface area contributed by atoms with Gasteiger partial charge in [0.1, 0.15) is 22.1 Å². The molecule has 1 aliphatic heterocycles. The zero-order valence-electron chi connectivity index (χ0n) is 11.9. The predicted molar refractivity (Wildman–Crippen MR) is 77.3 cm³/mol. The number of nitriles is 1. The lowest BCUT2D eigenvalue weighted by Gasteiger charge is -2.08. The fourth-order valence-electron chi connectivity index (χ4n) is 2.10. The molecule has 0 radical (unpaired) electrons. The molecule has 0 aromatic carbocycles. The van der Waals surface area contributed by atoms with Gasteiger partial charge in [-0.1, -0.05) is 0 Å². The third kappa shape index (κ3) is 3.23. The number of carbonyl (C=O) groups excluding carboxylic acids is 2. The molecule has 0 aliphatic carbocycles. The number of carbonyl (C=O) groups is 2. The van der Waals surface area contributed by atoms with Crippen LogP contribution in [-0.4, -0.2) is 31.2 Å². The van der Waals surface area contributed by atoms with E-state index in [-0.39, 0.29) is 12.5 Å². The zero-order valence-corrected chi connectivity index (χ0v) is 12.7. The molecule has 0 bridgehead atoms. The Morgan fingerprint density at radius 2 is 2.33 bits per heavy atom. The van der Waals surface area contributed by atoms with E-state index in [9.17, 15) is 14.9 Å². The molecule has 2 heterocycles. The van der Waals surface area contributed by atoms with Gasteiger partial charge in [-0.2, -0.15) is 5.26 Å². The molecule has 0 saturated carbocycles. The fourth-order valence-corrected chi connectivity index (χ4v) is 3.16. The number of esters is 1. The van der Waals surface area contributed by atoms with Crippen molar-refractivity contribution in [3.05, 3.63) is 16.0 Å². The van der Waals surface area contributed by atoms with Gasteiger partial charge in [0.15, 0.2) is 0 Å². The molecule has 1 N–H and O–H groups in total. The summed E-state index contributed by atoms with van der Waals surface area (Å²) in [5.74, 6) is -0.755. The lowest BCUT2D eigenvalue weighted by Crippen LogP contribution is -2.26. The summed E-state index contributed by atoms with van der Waals surface area (Å²) < 4.78 is 10.3. The summed E-state index contributed by atoms with van der Waals surface area (Å²) in [6.45, 7) is 4.21. The Kier molecular flexibility index (Phi) is 4.94. The zero-order chi connectivity index (χ0) is 15.4. The van der Waals surface area contributed by atoms with Crippen molar-refractivity contribution in [2.45, 2.75) is 32.8 Å². The number of hydrogen-bond acceptors (Lipinski definition) is 6. The Bertz CT molecular complexity index is 597. The molecule has 2 rings (SSSR count). The number of amides is 1. The molecule has 21 heavy (non-hydrogen) atoms. The number of rotatable bonds is 4. The van der Waals surface area contributed by atoms with E-state index < -0.39 is 12.1 Å². The van der Waals surface area contributed by atoms with Crippen LogP contribution in [0.5, 0.6) is 0 Å². The molecule has 1 fully saturated rings. The Morgan fingerprint density at radius 1 is 1.57 bits per heavy atom. The van der Waals surface area contributed by atoms with E-state index in [1.807, 2.05) is 6.07 Å². The SMILES string of the molecule is CCOC(=O)c1sc(NC(=O)C2CCCO2)c(C#N)c1C. The summed E-state index contributed by atoms with van der Waals surface area (Å²) in [6, 6.07) is 2.02. The predicted octanol–water partition coefficient (Wildman–Crippen LogP) is 2.22. The Labute approximate surface area is 126 Å². The smallest absolute Gasteiger partial charge is 0.348 e. The molecule has 1 aromatic heterocycles. The van der Waals surface area contributed by atoms with Crippen molar-refractivity contribution >= 4 is 28.2 Å². The average Bonchev–Trinajstić information content (AvgIpc) is 3.07. The van der Waals surface area contributed by atoms with Crippen molar-refractivity contribution in [3.63, 3.8) is 0 Å². The lowest BCUT2D eigenvalue weighted by atomic mass is 10.1. The molecular formula is C14H16N2O4S. The highest BCUT2D eigenvalue weighted by Crippen LogP contribution is 2.33. The van der Waals surface area contributed by atoms with Gasteiger partial charge in [0, 0.05) is 6.61 Å². The molecular weight excluding hydrogens is 292 g/mol. The maximum Gasteiger partial charge on any atom is 0.348 e. The normalized spacial score (nSPS) is 17.3. The molecule has 1 aromatic rings. The van der Waals surface area contributed by atoms with Gasteiger partial charge >= 0.3 is 5.97 Å². The van der Waals surface area contributed by atoms with Crippen molar-refractivity contribution in [1.29, 1.82) is 5.26 Å². The van der Waals surface area contributed by atoms with Gasteiger partial charge in [0.2, 0.25) is 0 Å². The standard InChI is InChI=1S/C14H16N2O4S/c1-3-19-14(18)11-8(2)9(7-15)13(21-11)16-12(17)10-5-4-6-20-10/h10H,3-6H2,1-2H3,(H,16,17). The number of anilines is 1. The summed E-state index contributed by atoms with van der Waals surface area (Å²) in [4.78, 5) is 24.2. The van der Waals surface area contributed by atoms with Gasteiger partial charge < -0.3 is 14.8 Å². The van der Waals surface area contributed by atoms with Crippen LogP contribution >= 0.6 is 11.3 Å². The van der Waals surface area contributed by atoms with E-state index in [4.69, 9.17) is 9.47 Å². The van der Waals surface area contributed by atoms with Gasteiger partial charge in [-0.05, 0) is 32.3 Å². The highest BCUT2D eigenvalue weighted by Gasteiger charge is 2.27. The molecule has 0 spiro atoms. The van der Waals surface area contributed by atoms with Crippen LogP contribution in [0.4, 0.5) is 5.00 Å². The summed E-state index contributed by atoms with van der Waals surface area (Å²) in [5.41, 5.74) is 0.831. The first kappa shape index (κ1) is 15.5. The quantitative estimate of drug-likeness (QED) is 0.862. The van der Waals surface area contributed by atoms with Crippen LogP contribution < -0.4 is 5.32 Å². The lowest BCUT2D eigenvalue weighted by molar-refractivity contribution is -0.124. The third-order valence-corrected chi connectivity index (χ3v) is 4.37. The number of ether oxygens (including phenoxy) is 2. The van der Waals surface area contributed by atoms with Crippen LogP contribution in [-0.2, 0) is 14.3 Å². The molecule has 1 atom stereocenters. The van der Waals surface area contributed by atoms with Crippen LogP contribution in [0.2, 0.25) is 0 Å². The second-order valence-corrected chi connectivity index (χ2v) is 5.60. The molecule has 112 valence electrons. The Hall–Kier alpha value is -1.91. The first-order chi connectivity index (χ1) is 10.1. The highest BCUT2D eigenvalue weighted by atomic mass is 32.1. The monoisotopic (exact) mass is 308 g/mol. The van der Waals surface area contributed by atoms with Gasteiger partial charge in [-0.25, -0.2) is 4.79 Å². The minimum atomic E-state index is -0.481. The van der Waals surface area contributed by atoms with Crippen molar-refractivity contribution in [2.75, 3.05) is 18.5 Å². The second kappa shape index (κ2) is 6.70. The summed E-state index contributed by atoms with van der Waals surface area (Å²) in [5, 5.41) is 12.3. The summed E-state index contributed by atoms with van der Waals surface area (Å²) in [7, 11) is 0. The van der Waals surface area contributed by atoms with E-state index in [2.05, 4.69) is 5.32 Å². The van der Waals surface area contributed by atoms with Crippen molar-refractivity contribution in [2.24, 2.45) is 0 Å².